The predicted octanol–water partition coefficient (Wildman–Crippen LogP) is 1.81. The number of ether oxygens (including phenoxy) is 1. The quantitative estimate of drug-likeness (QED) is 0.868. The highest BCUT2D eigenvalue weighted by Gasteiger charge is 2.27. The van der Waals surface area contributed by atoms with Crippen molar-refractivity contribution in [3.8, 4) is 0 Å². The fourth-order valence-electron chi connectivity index (χ4n) is 3.43. The van der Waals surface area contributed by atoms with Crippen LogP contribution in [0.1, 0.15) is 25.7 Å². The van der Waals surface area contributed by atoms with E-state index in [0.717, 1.165) is 17.4 Å². The van der Waals surface area contributed by atoms with E-state index in [-0.39, 0.29) is 35.3 Å². The van der Waals surface area contributed by atoms with Gasteiger partial charge in [-0.15, -0.1) is 0 Å². The van der Waals surface area contributed by atoms with Gasteiger partial charge in [0.15, 0.2) is 0 Å². The van der Waals surface area contributed by atoms with Crippen molar-refractivity contribution in [3.05, 3.63) is 44.9 Å². The van der Waals surface area contributed by atoms with Gasteiger partial charge in [-0.05, 0) is 43.7 Å². The van der Waals surface area contributed by atoms with E-state index in [9.17, 15) is 18.8 Å². The standard InChI is InChI=1S/C17H19FN2O4/c1-24-16(22)11-7-5-10(6-8-11)9-20-15(21)14-12(18)3-2-4-13(14)19-17(20)23/h2-4,10-11H,5-9H2,1H3,(H,19,23)/t10-,11-. The van der Waals surface area contributed by atoms with Crippen LogP contribution < -0.4 is 11.2 Å². The molecule has 0 aliphatic heterocycles. The zero-order chi connectivity index (χ0) is 17.3. The highest BCUT2D eigenvalue weighted by atomic mass is 19.1. The summed E-state index contributed by atoms with van der Waals surface area (Å²) in [6.45, 7) is 0.229. The highest BCUT2D eigenvalue weighted by molar-refractivity contribution is 5.77. The number of hydrogen-bond donors (Lipinski definition) is 1. The largest absolute Gasteiger partial charge is 0.469 e. The number of rotatable bonds is 3. The monoisotopic (exact) mass is 334 g/mol. The van der Waals surface area contributed by atoms with E-state index >= 15 is 0 Å². The fraction of sp³-hybridized carbons (Fsp3) is 0.471. The molecule has 1 heterocycles. The molecule has 2 aromatic rings. The number of halogens is 1. The lowest BCUT2D eigenvalue weighted by Gasteiger charge is -2.27. The molecule has 1 fully saturated rings. The Labute approximate surface area is 137 Å². The van der Waals surface area contributed by atoms with Crippen molar-refractivity contribution in [2.75, 3.05) is 7.11 Å². The second kappa shape index (κ2) is 6.59. The van der Waals surface area contributed by atoms with Crippen molar-refractivity contribution in [1.82, 2.24) is 9.55 Å². The number of carbonyl (C=O) groups excluding carboxylic acids is 1. The van der Waals surface area contributed by atoms with Crippen LogP contribution in [-0.2, 0) is 16.1 Å². The third-order valence-corrected chi connectivity index (χ3v) is 4.78. The van der Waals surface area contributed by atoms with Crippen LogP contribution in [-0.4, -0.2) is 22.6 Å². The minimum Gasteiger partial charge on any atom is -0.469 e. The van der Waals surface area contributed by atoms with Gasteiger partial charge in [0.1, 0.15) is 5.82 Å². The number of esters is 1. The van der Waals surface area contributed by atoms with Crippen LogP contribution in [0.5, 0.6) is 0 Å². The van der Waals surface area contributed by atoms with Crippen LogP contribution in [0.25, 0.3) is 10.9 Å². The van der Waals surface area contributed by atoms with E-state index in [0.29, 0.717) is 12.8 Å². The van der Waals surface area contributed by atoms with Crippen molar-refractivity contribution in [2.45, 2.75) is 32.2 Å². The molecule has 0 bridgehead atoms. The number of carbonyl (C=O) groups is 1. The maximum atomic E-state index is 13.9. The molecule has 1 aromatic heterocycles. The van der Waals surface area contributed by atoms with E-state index in [4.69, 9.17) is 4.74 Å². The van der Waals surface area contributed by atoms with E-state index in [1.165, 1.54) is 25.3 Å². The van der Waals surface area contributed by atoms with Crippen molar-refractivity contribution in [3.63, 3.8) is 0 Å². The summed E-state index contributed by atoms with van der Waals surface area (Å²) in [4.78, 5) is 38.8. The summed E-state index contributed by atoms with van der Waals surface area (Å²) in [7, 11) is 1.37. The number of aromatic nitrogens is 2. The zero-order valence-corrected chi connectivity index (χ0v) is 13.4. The van der Waals surface area contributed by atoms with Crippen molar-refractivity contribution < 1.29 is 13.9 Å². The first kappa shape index (κ1) is 16.4. The summed E-state index contributed by atoms with van der Waals surface area (Å²) < 4.78 is 19.7. The maximum absolute atomic E-state index is 13.9. The first-order chi connectivity index (χ1) is 11.5. The van der Waals surface area contributed by atoms with Crippen molar-refractivity contribution >= 4 is 16.9 Å². The molecule has 0 spiro atoms. The van der Waals surface area contributed by atoms with Gasteiger partial charge in [0.2, 0.25) is 0 Å². The van der Waals surface area contributed by atoms with Crippen LogP contribution in [0.4, 0.5) is 4.39 Å². The summed E-state index contributed by atoms with van der Waals surface area (Å²) in [5.74, 6) is -0.864. The number of fused-ring (bicyclic) bond motifs is 1. The number of aromatic amines is 1. The lowest BCUT2D eigenvalue weighted by Crippen LogP contribution is -2.38. The molecule has 0 radical (unpaired) electrons. The first-order valence-corrected chi connectivity index (χ1v) is 8.00. The number of methoxy groups -OCH3 is 1. The molecule has 1 N–H and O–H groups in total. The molecule has 0 atom stereocenters. The average Bonchev–Trinajstić information content (AvgIpc) is 2.58. The van der Waals surface area contributed by atoms with Crippen LogP contribution >= 0.6 is 0 Å². The Kier molecular flexibility index (Phi) is 4.51. The van der Waals surface area contributed by atoms with Gasteiger partial charge >= 0.3 is 11.7 Å². The minimum absolute atomic E-state index is 0.0969. The summed E-state index contributed by atoms with van der Waals surface area (Å²) >= 11 is 0. The van der Waals surface area contributed by atoms with E-state index in [1.807, 2.05) is 0 Å². The number of H-pyrrole nitrogens is 1. The van der Waals surface area contributed by atoms with Crippen LogP contribution in [0.15, 0.2) is 27.8 Å². The Morgan fingerprint density at radius 3 is 2.67 bits per heavy atom. The summed E-state index contributed by atoms with van der Waals surface area (Å²) in [5.41, 5.74) is -0.939. The number of hydrogen-bond acceptors (Lipinski definition) is 4. The van der Waals surface area contributed by atoms with Gasteiger partial charge in [0, 0.05) is 6.54 Å². The molecular formula is C17H19FN2O4. The Morgan fingerprint density at radius 2 is 2.00 bits per heavy atom. The number of benzene rings is 1. The molecule has 1 aromatic carbocycles. The molecule has 3 rings (SSSR count). The van der Waals surface area contributed by atoms with E-state index in [2.05, 4.69) is 4.98 Å². The lowest BCUT2D eigenvalue weighted by molar-refractivity contribution is -0.146. The van der Waals surface area contributed by atoms with E-state index < -0.39 is 17.1 Å². The Bertz CT molecular complexity index is 878. The minimum atomic E-state index is -0.642. The number of nitrogens with one attached hydrogen (secondary N) is 1. The first-order valence-electron chi connectivity index (χ1n) is 8.00. The van der Waals surface area contributed by atoms with Gasteiger partial charge in [-0.3, -0.25) is 14.2 Å². The third-order valence-electron chi connectivity index (χ3n) is 4.78. The maximum Gasteiger partial charge on any atom is 0.328 e. The van der Waals surface area contributed by atoms with Gasteiger partial charge < -0.3 is 9.72 Å². The van der Waals surface area contributed by atoms with Crippen LogP contribution in [0, 0.1) is 17.7 Å². The molecule has 0 unspecified atom stereocenters. The zero-order valence-electron chi connectivity index (χ0n) is 13.4. The normalized spacial score (nSPS) is 20.9. The van der Waals surface area contributed by atoms with Crippen LogP contribution in [0.2, 0.25) is 0 Å². The molecule has 128 valence electrons. The molecule has 6 nitrogen and oxygen atoms in total. The summed E-state index contributed by atoms with van der Waals surface area (Å²) in [6, 6.07) is 4.16. The average molecular weight is 334 g/mol. The van der Waals surface area contributed by atoms with Crippen LogP contribution in [0.3, 0.4) is 0 Å². The molecule has 1 aliphatic carbocycles. The smallest absolute Gasteiger partial charge is 0.328 e. The van der Waals surface area contributed by atoms with Gasteiger partial charge in [-0.25, -0.2) is 9.18 Å². The SMILES string of the molecule is COC(=O)[C@H]1CC[C@H](Cn2c(=O)[nH]c3cccc(F)c3c2=O)CC1. The topological polar surface area (TPSA) is 81.2 Å². The molecule has 0 saturated heterocycles. The van der Waals surface area contributed by atoms with Crippen molar-refractivity contribution in [2.24, 2.45) is 11.8 Å². The molecule has 24 heavy (non-hydrogen) atoms. The lowest BCUT2D eigenvalue weighted by atomic mass is 9.82. The van der Waals surface area contributed by atoms with Gasteiger partial charge in [-0.2, -0.15) is 0 Å². The van der Waals surface area contributed by atoms with Gasteiger partial charge in [0.25, 0.3) is 5.56 Å². The van der Waals surface area contributed by atoms with Gasteiger partial charge in [0.05, 0.1) is 23.9 Å². The highest BCUT2D eigenvalue weighted by Crippen LogP contribution is 2.30. The van der Waals surface area contributed by atoms with Crippen molar-refractivity contribution in [1.29, 1.82) is 0 Å². The van der Waals surface area contributed by atoms with Gasteiger partial charge in [-0.1, -0.05) is 6.07 Å². The third kappa shape index (κ3) is 2.98. The van der Waals surface area contributed by atoms with E-state index in [1.54, 1.807) is 0 Å². The molecule has 1 saturated carbocycles. The molecule has 1 aliphatic rings. The fourth-order valence-corrected chi connectivity index (χ4v) is 3.43. The molecule has 7 heteroatoms. The number of nitrogens with zero attached hydrogens (tertiary/aromatic N) is 1. The Balaban J connectivity index is 1.84. The predicted molar refractivity (Wildman–Crippen MR) is 86.3 cm³/mol. The summed E-state index contributed by atoms with van der Waals surface area (Å²) in [5, 5.41) is -0.0969. The Morgan fingerprint density at radius 1 is 1.29 bits per heavy atom. The summed E-state index contributed by atoms with van der Waals surface area (Å²) in [6.07, 6.45) is 2.79. The molecular weight excluding hydrogens is 315 g/mol. The second-order valence-electron chi connectivity index (χ2n) is 6.25. The Hall–Kier alpha value is -2.44. The second-order valence-corrected chi connectivity index (χ2v) is 6.25. The molecule has 0 amide bonds.